The van der Waals surface area contributed by atoms with E-state index in [2.05, 4.69) is 4.98 Å². The first-order chi connectivity index (χ1) is 8.16. The Morgan fingerprint density at radius 3 is 2.76 bits per heavy atom. The highest BCUT2D eigenvalue weighted by Crippen LogP contribution is 2.27. The number of hydrogen-bond donors (Lipinski definition) is 1. The van der Waals surface area contributed by atoms with Crippen LogP contribution in [0.15, 0.2) is 15.7 Å². The number of nitrogens with zero attached hydrogens (tertiary/aromatic N) is 1. The third kappa shape index (κ3) is 1.65. The maximum absolute atomic E-state index is 12.3. The van der Waals surface area contributed by atoms with E-state index >= 15 is 0 Å². The molecule has 0 amide bonds. The lowest BCUT2D eigenvalue weighted by atomic mass is 10.2. The van der Waals surface area contributed by atoms with E-state index in [1.54, 1.807) is 0 Å². The number of aromatic nitrogens is 2. The molecule has 0 unspecified atom stereocenters. The van der Waals surface area contributed by atoms with Gasteiger partial charge in [0.1, 0.15) is 4.83 Å². The van der Waals surface area contributed by atoms with Crippen LogP contribution in [0, 0.1) is 6.92 Å². The minimum atomic E-state index is -0.253. The van der Waals surface area contributed by atoms with Gasteiger partial charge in [-0.2, -0.15) is 0 Å². The molecule has 3 rings (SSSR count). The molecule has 0 atom stereocenters. The summed E-state index contributed by atoms with van der Waals surface area (Å²) in [4.78, 5) is 28.8. The Labute approximate surface area is 102 Å². The van der Waals surface area contributed by atoms with Crippen molar-refractivity contribution in [2.75, 3.05) is 0 Å². The summed E-state index contributed by atoms with van der Waals surface area (Å²) in [5.41, 5.74) is -0.378. The maximum Gasteiger partial charge on any atom is 0.329 e. The van der Waals surface area contributed by atoms with Gasteiger partial charge in [0.05, 0.1) is 5.39 Å². The molecule has 2 aromatic heterocycles. The zero-order valence-corrected chi connectivity index (χ0v) is 10.5. The molecule has 2 heterocycles. The number of fused-ring (bicyclic) bond motifs is 1. The van der Waals surface area contributed by atoms with E-state index in [1.807, 2.05) is 13.0 Å². The Hall–Kier alpha value is -1.36. The summed E-state index contributed by atoms with van der Waals surface area (Å²) < 4.78 is 1.42. The van der Waals surface area contributed by atoms with Crippen molar-refractivity contribution in [3.63, 3.8) is 0 Å². The van der Waals surface area contributed by atoms with Gasteiger partial charge in [-0.05, 0) is 25.8 Å². The molecule has 4 nitrogen and oxygen atoms in total. The van der Waals surface area contributed by atoms with E-state index < -0.39 is 0 Å². The van der Waals surface area contributed by atoms with Crippen molar-refractivity contribution < 1.29 is 0 Å². The summed E-state index contributed by atoms with van der Waals surface area (Å²) in [5.74, 6) is 0. The van der Waals surface area contributed by atoms with Crippen molar-refractivity contribution in [3.05, 3.63) is 31.8 Å². The van der Waals surface area contributed by atoms with Crippen LogP contribution in [-0.2, 0) is 0 Å². The second kappa shape index (κ2) is 3.84. The van der Waals surface area contributed by atoms with Crippen LogP contribution in [0.2, 0.25) is 0 Å². The SMILES string of the molecule is Cc1cc2c(=O)n(C3CCCC3)c(=O)[nH]c2s1. The van der Waals surface area contributed by atoms with Crippen molar-refractivity contribution in [1.82, 2.24) is 9.55 Å². The highest BCUT2D eigenvalue weighted by atomic mass is 32.1. The second-order valence-corrected chi connectivity index (χ2v) is 5.90. The minimum Gasteiger partial charge on any atom is -0.298 e. The molecule has 90 valence electrons. The molecular formula is C12H14N2O2S. The smallest absolute Gasteiger partial charge is 0.298 e. The van der Waals surface area contributed by atoms with Gasteiger partial charge >= 0.3 is 5.69 Å². The molecule has 1 saturated carbocycles. The van der Waals surface area contributed by atoms with Gasteiger partial charge in [0, 0.05) is 10.9 Å². The first-order valence-corrected chi connectivity index (χ1v) is 6.73. The van der Waals surface area contributed by atoms with Gasteiger partial charge in [0.15, 0.2) is 0 Å². The molecule has 5 heteroatoms. The van der Waals surface area contributed by atoms with Crippen LogP contribution in [0.4, 0.5) is 0 Å². The van der Waals surface area contributed by atoms with E-state index in [-0.39, 0.29) is 17.3 Å². The van der Waals surface area contributed by atoms with Gasteiger partial charge in [-0.25, -0.2) is 4.79 Å². The first-order valence-electron chi connectivity index (χ1n) is 5.92. The lowest BCUT2D eigenvalue weighted by Gasteiger charge is -2.11. The number of H-pyrrole nitrogens is 1. The average Bonchev–Trinajstić information content (AvgIpc) is 2.87. The number of hydrogen-bond acceptors (Lipinski definition) is 3. The van der Waals surface area contributed by atoms with Crippen LogP contribution in [0.25, 0.3) is 10.2 Å². The molecule has 0 bridgehead atoms. The predicted molar refractivity (Wildman–Crippen MR) is 68.9 cm³/mol. The van der Waals surface area contributed by atoms with E-state index in [4.69, 9.17) is 0 Å². The Morgan fingerprint density at radius 2 is 2.06 bits per heavy atom. The Morgan fingerprint density at radius 1 is 1.35 bits per heavy atom. The van der Waals surface area contributed by atoms with Crippen LogP contribution in [0.5, 0.6) is 0 Å². The highest BCUT2D eigenvalue weighted by Gasteiger charge is 2.21. The molecule has 17 heavy (non-hydrogen) atoms. The maximum atomic E-state index is 12.3. The van der Waals surface area contributed by atoms with Crippen LogP contribution in [0.3, 0.4) is 0 Å². The standard InChI is InChI=1S/C12H14N2O2S/c1-7-6-9-10(17-7)13-12(16)14(11(9)15)8-4-2-3-5-8/h6,8H,2-5H2,1H3,(H,13,16). The molecule has 1 aliphatic rings. The molecule has 1 aliphatic carbocycles. The third-order valence-electron chi connectivity index (χ3n) is 3.43. The lowest BCUT2D eigenvalue weighted by molar-refractivity contribution is 0.483. The molecule has 0 saturated heterocycles. The van der Waals surface area contributed by atoms with Gasteiger partial charge in [0.2, 0.25) is 0 Å². The normalized spacial score (nSPS) is 17.0. The molecule has 0 aliphatic heterocycles. The number of aryl methyl sites for hydroxylation is 1. The molecule has 2 aromatic rings. The summed E-state index contributed by atoms with van der Waals surface area (Å²) >= 11 is 1.46. The minimum absolute atomic E-state index is 0.0934. The number of nitrogens with one attached hydrogen (secondary N) is 1. The van der Waals surface area contributed by atoms with Gasteiger partial charge in [-0.1, -0.05) is 12.8 Å². The second-order valence-electron chi connectivity index (χ2n) is 4.64. The van der Waals surface area contributed by atoms with E-state index in [9.17, 15) is 9.59 Å². The first kappa shape index (κ1) is 10.8. The van der Waals surface area contributed by atoms with Crippen LogP contribution >= 0.6 is 11.3 Å². The Bertz CT molecular complexity index is 674. The van der Waals surface area contributed by atoms with Crippen LogP contribution in [0.1, 0.15) is 36.6 Å². The van der Waals surface area contributed by atoms with Gasteiger partial charge < -0.3 is 0 Å². The summed E-state index contributed by atoms with van der Waals surface area (Å²) in [6.45, 7) is 1.95. The van der Waals surface area contributed by atoms with E-state index in [0.29, 0.717) is 10.2 Å². The fourth-order valence-electron chi connectivity index (χ4n) is 2.64. The topological polar surface area (TPSA) is 54.9 Å². The van der Waals surface area contributed by atoms with Crippen LogP contribution < -0.4 is 11.2 Å². The average molecular weight is 250 g/mol. The van der Waals surface area contributed by atoms with E-state index in [0.717, 1.165) is 30.6 Å². The molecule has 1 N–H and O–H groups in total. The third-order valence-corrected chi connectivity index (χ3v) is 4.40. The van der Waals surface area contributed by atoms with Gasteiger partial charge in [0.25, 0.3) is 5.56 Å². The highest BCUT2D eigenvalue weighted by molar-refractivity contribution is 7.18. The van der Waals surface area contributed by atoms with Crippen molar-refractivity contribution in [2.24, 2.45) is 0 Å². The van der Waals surface area contributed by atoms with Gasteiger partial charge in [-0.15, -0.1) is 11.3 Å². The van der Waals surface area contributed by atoms with Crippen molar-refractivity contribution in [2.45, 2.75) is 38.6 Å². The zero-order valence-electron chi connectivity index (χ0n) is 9.66. The lowest BCUT2D eigenvalue weighted by Crippen LogP contribution is -2.36. The number of aromatic amines is 1. The Kier molecular flexibility index (Phi) is 2.43. The van der Waals surface area contributed by atoms with Crippen molar-refractivity contribution in [3.8, 4) is 0 Å². The quantitative estimate of drug-likeness (QED) is 0.843. The molecule has 0 spiro atoms. The van der Waals surface area contributed by atoms with Crippen molar-refractivity contribution >= 4 is 21.6 Å². The summed E-state index contributed by atoms with van der Waals surface area (Å²) in [6.07, 6.45) is 4.10. The summed E-state index contributed by atoms with van der Waals surface area (Å²) in [7, 11) is 0. The fraction of sp³-hybridized carbons (Fsp3) is 0.500. The fourth-order valence-corrected chi connectivity index (χ4v) is 3.53. The molecule has 0 radical (unpaired) electrons. The number of rotatable bonds is 1. The number of thiophene rings is 1. The van der Waals surface area contributed by atoms with E-state index in [1.165, 1.54) is 15.9 Å². The zero-order chi connectivity index (χ0) is 12.0. The summed E-state index contributed by atoms with van der Waals surface area (Å²) in [5, 5.41) is 0.652. The summed E-state index contributed by atoms with van der Waals surface area (Å²) in [6, 6.07) is 1.96. The molecular weight excluding hydrogens is 236 g/mol. The van der Waals surface area contributed by atoms with Crippen molar-refractivity contribution in [1.29, 1.82) is 0 Å². The monoisotopic (exact) mass is 250 g/mol. The molecule has 0 aromatic carbocycles. The predicted octanol–water partition coefficient (Wildman–Crippen LogP) is 2.17. The largest absolute Gasteiger partial charge is 0.329 e. The Balaban J connectivity index is 2.30. The molecule has 1 fully saturated rings. The van der Waals surface area contributed by atoms with Crippen LogP contribution in [-0.4, -0.2) is 9.55 Å². The van der Waals surface area contributed by atoms with Gasteiger partial charge in [-0.3, -0.25) is 14.3 Å².